The average molecular weight is 977 g/mol. The molecule has 5 aliphatic heterocycles. The van der Waals surface area contributed by atoms with E-state index in [4.69, 9.17) is 52.1 Å². The Balaban J connectivity index is 0.00000438. The molecule has 15 nitrogen and oxygen atoms in total. The zero-order valence-corrected chi connectivity index (χ0v) is 44.1. The molecule has 0 aromatic carbocycles. The van der Waals surface area contributed by atoms with Crippen LogP contribution >= 0.6 is 0 Å². The zero-order chi connectivity index (χ0) is 50.8. The number of ether oxygens (including phenoxy) is 11. The molecule has 0 saturated carbocycles. The van der Waals surface area contributed by atoms with Crippen LogP contribution in [0, 0.1) is 23.7 Å². The molecule has 1 aliphatic carbocycles. The van der Waals surface area contributed by atoms with E-state index in [0.29, 0.717) is 62.4 Å². The number of rotatable bonds is 18. The van der Waals surface area contributed by atoms with E-state index >= 15 is 0 Å². The van der Waals surface area contributed by atoms with E-state index in [1.54, 1.807) is 35.0 Å². The first-order valence-electron chi connectivity index (χ1n) is 25.9. The fourth-order valence-corrected chi connectivity index (χ4v) is 10.8. The monoisotopic (exact) mass is 977 g/mol. The van der Waals surface area contributed by atoms with Crippen LogP contribution in [-0.2, 0) is 61.7 Å². The molecule has 2 unspecified atom stereocenters. The molecule has 69 heavy (non-hydrogen) atoms. The second-order valence-corrected chi connectivity index (χ2v) is 20.6. The Kier molecular flexibility index (Phi) is 21.5. The fourth-order valence-electron chi connectivity index (χ4n) is 10.8. The standard InChI is InChI=1S/C52H82O15.C2H6/c1-13-30(4)46-33(7)19-21-51(67-46)26-39(60-28-53)23-38(66-51)18-17-32(6)45(63-43-25-41(58-12)48(36(10)62-43)64-42-24-40(57-11)44(54)35(9)61-42)31(5)15-14-16-37-27-59-49-47(65-50(55)29(2)3)34(8)20-22-52(37,49)56;1-2/h14-17,20,28-31,33,35-36,38-49,54,56H,13,18-19,21-27H2,1-12H3;1-2H3/b15-14+,32-17+,37-16+;/t30-,31-,33-,35-,36-,38+,39-,40-,41-,42-,43-,44-,45-,46?,47+,48-,49+,51+,52?;/m0./s1. The number of aliphatic hydroxyl groups is 2. The lowest BCUT2D eigenvalue weighted by Crippen LogP contribution is -2.55. The first kappa shape index (κ1) is 57.4. The molecule has 1 spiro atoms. The van der Waals surface area contributed by atoms with Gasteiger partial charge in [-0.2, -0.15) is 0 Å². The molecule has 394 valence electrons. The van der Waals surface area contributed by atoms with E-state index in [1.165, 1.54) is 0 Å². The van der Waals surface area contributed by atoms with Gasteiger partial charge in [0, 0.05) is 58.7 Å². The van der Waals surface area contributed by atoms with Gasteiger partial charge in [0.2, 0.25) is 0 Å². The van der Waals surface area contributed by atoms with Gasteiger partial charge >= 0.3 is 5.97 Å². The minimum atomic E-state index is -1.33. The van der Waals surface area contributed by atoms with Crippen molar-refractivity contribution in [1.29, 1.82) is 0 Å². The Hall–Kier alpha value is -2.54. The normalized spacial score (nSPS) is 40.4. The van der Waals surface area contributed by atoms with Crippen LogP contribution in [-0.4, -0.2) is 141 Å². The summed E-state index contributed by atoms with van der Waals surface area (Å²) in [5.74, 6) is -0.927. The highest BCUT2D eigenvalue weighted by Crippen LogP contribution is 2.46. The second kappa shape index (κ2) is 25.9. The molecule has 0 aromatic rings. The number of hydrogen-bond acceptors (Lipinski definition) is 15. The number of fused-ring (bicyclic) bond motifs is 1. The molecule has 5 fully saturated rings. The zero-order valence-electron chi connectivity index (χ0n) is 44.1. The van der Waals surface area contributed by atoms with E-state index in [1.807, 2.05) is 58.9 Å². The Morgan fingerprint density at radius 3 is 2.35 bits per heavy atom. The number of esters is 1. The van der Waals surface area contributed by atoms with Crippen LogP contribution in [0.25, 0.3) is 0 Å². The molecule has 2 N–H and O–H groups in total. The van der Waals surface area contributed by atoms with E-state index < -0.39 is 78.9 Å². The number of hydrogen-bond donors (Lipinski definition) is 2. The summed E-state index contributed by atoms with van der Waals surface area (Å²) in [7, 11) is 3.22. The summed E-state index contributed by atoms with van der Waals surface area (Å²) < 4.78 is 69.0. The largest absolute Gasteiger partial charge is 0.464 e. The first-order chi connectivity index (χ1) is 32.8. The van der Waals surface area contributed by atoms with Gasteiger partial charge in [-0.05, 0) is 69.1 Å². The second-order valence-electron chi connectivity index (χ2n) is 20.6. The number of aliphatic hydroxyl groups excluding tert-OH is 1. The van der Waals surface area contributed by atoms with Crippen LogP contribution in [0.2, 0.25) is 0 Å². The quantitative estimate of drug-likeness (QED) is 0.0763. The van der Waals surface area contributed by atoms with E-state index in [0.717, 1.165) is 30.4 Å². The van der Waals surface area contributed by atoms with Crippen LogP contribution in [0.15, 0.2) is 47.1 Å². The Morgan fingerprint density at radius 2 is 1.68 bits per heavy atom. The molecule has 0 aromatic heterocycles. The van der Waals surface area contributed by atoms with E-state index in [-0.39, 0.29) is 42.7 Å². The van der Waals surface area contributed by atoms with Gasteiger partial charge in [0.15, 0.2) is 24.5 Å². The molecule has 15 heteroatoms. The molecule has 0 radical (unpaired) electrons. The van der Waals surface area contributed by atoms with Crippen molar-refractivity contribution >= 4 is 12.4 Å². The summed E-state index contributed by atoms with van der Waals surface area (Å²) in [5, 5.41) is 22.6. The van der Waals surface area contributed by atoms with Crippen LogP contribution in [0.3, 0.4) is 0 Å². The third-order valence-electron chi connectivity index (χ3n) is 15.2. The summed E-state index contributed by atoms with van der Waals surface area (Å²) >= 11 is 0. The van der Waals surface area contributed by atoms with Gasteiger partial charge in [-0.1, -0.05) is 92.2 Å². The highest BCUT2D eigenvalue weighted by Gasteiger charge is 2.54. The number of allylic oxidation sites excluding steroid dienone is 2. The van der Waals surface area contributed by atoms with Gasteiger partial charge in [-0.15, -0.1) is 0 Å². The molecule has 6 rings (SSSR count). The van der Waals surface area contributed by atoms with Gasteiger partial charge in [0.1, 0.15) is 30.0 Å². The van der Waals surface area contributed by atoms with Crippen LogP contribution in [0.1, 0.15) is 141 Å². The molecule has 6 aliphatic rings. The van der Waals surface area contributed by atoms with Crippen molar-refractivity contribution in [2.24, 2.45) is 23.7 Å². The minimum absolute atomic E-state index is 0.0460. The van der Waals surface area contributed by atoms with Gasteiger partial charge in [0.25, 0.3) is 6.47 Å². The minimum Gasteiger partial charge on any atom is -0.464 e. The van der Waals surface area contributed by atoms with Gasteiger partial charge in [-0.25, -0.2) is 0 Å². The SMILES string of the molecule is CC.CC[C@H](C)C1O[C@]2(CC[C@@H]1C)C[C@@H](OC=O)C[C@@H](C/C=C(\C)[C@@H](O[C@H]1C[C@H](OC)[C@@H](O[C@H]3C[C@H](OC)[C@@H](O)[C@H](C)O3)[C@H](C)O1)[C@@H](C)/C=C/C=C1\CO[C@@H]3[C@H](OC(=O)C(C)C)C(C)=CCC13O)O2. The topological polar surface area (TPSA) is 176 Å². The van der Waals surface area contributed by atoms with Crippen LogP contribution in [0.4, 0.5) is 0 Å². The van der Waals surface area contributed by atoms with Crippen molar-refractivity contribution in [3.8, 4) is 0 Å². The summed E-state index contributed by atoms with van der Waals surface area (Å²) in [6.45, 7) is 24.7. The number of carbonyl (C=O) groups is 2. The predicted octanol–water partition coefficient (Wildman–Crippen LogP) is 8.22. The number of carbonyl (C=O) groups excluding carboxylic acids is 2. The smallest absolute Gasteiger partial charge is 0.309 e. The lowest BCUT2D eigenvalue weighted by Gasteiger charge is -2.50. The van der Waals surface area contributed by atoms with Gasteiger partial charge in [-0.3, -0.25) is 9.59 Å². The van der Waals surface area contributed by atoms with Crippen molar-refractivity contribution in [1.82, 2.24) is 0 Å². The molecular formula is C54H88O15. The maximum absolute atomic E-state index is 12.6. The Bertz CT molecular complexity index is 1760. The maximum atomic E-state index is 12.6. The summed E-state index contributed by atoms with van der Waals surface area (Å²) in [4.78, 5) is 24.3. The van der Waals surface area contributed by atoms with Crippen LogP contribution in [0.5, 0.6) is 0 Å². The summed E-state index contributed by atoms with van der Waals surface area (Å²) in [6, 6.07) is 0. The first-order valence-corrected chi connectivity index (χ1v) is 25.9. The van der Waals surface area contributed by atoms with Gasteiger partial charge in [0.05, 0.1) is 55.3 Å². The molecular weight excluding hydrogens is 889 g/mol. The lowest BCUT2D eigenvalue weighted by atomic mass is 9.78. The Labute approximate surface area is 412 Å². The molecule has 0 bridgehead atoms. The van der Waals surface area contributed by atoms with E-state index in [2.05, 4.69) is 33.8 Å². The predicted molar refractivity (Wildman–Crippen MR) is 260 cm³/mol. The third-order valence-corrected chi connectivity index (χ3v) is 15.2. The van der Waals surface area contributed by atoms with Gasteiger partial charge < -0.3 is 62.3 Å². The summed E-state index contributed by atoms with van der Waals surface area (Å²) in [6.07, 6.45) is 8.59. The van der Waals surface area contributed by atoms with Crippen molar-refractivity contribution in [2.45, 2.75) is 238 Å². The summed E-state index contributed by atoms with van der Waals surface area (Å²) in [5.41, 5.74) is 1.19. The Morgan fingerprint density at radius 1 is 0.986 bits per heavy atom. The molecule has 19 atom stereocenters. The van der Waals surface area contributed by atoms with Crippen molar-refractivity contribution in [2.75, 3.05) is 20.8 Å². The maximum Gasteiger partial charge on any atom is 0.309 e. The highest BCUT2D eigenvalue weighted by molar-refractivity contribution is 5.72. The van der Waals surface area contributed by atoms with Crippen molar-refractivity contribution < 1.29 is 71.9 Å². The highest BCUT2D eigenvalue weighted by atomic mass is 16.7. The van der Waals surface area contributed by atoms with Crippen molar-refractivity contribution in [3.63, 3.8) is 0 Å². The van der Waals surface area contributed by atoms with Crippen LogP contribution < -0.4 is 0 Å². The average Bonchev–Trinajstić information content (AvgIpc) is 3.66. The van der Waals surface area contributed by atoms with Crippen molar-refractivity contribution in [3.05, 3.63) is 47.1 Å². The fraction of sp³-hybridized carbons (Fsp3) is 0.815. The molecule has 0 amide bonds. The molecule has 5 heterocycles. The number of methoxy groups -OCH3 is 2. The molecule has 5 saturated heterocycles. The third kappa shape index (κ3) is 14.0. The van der Waals surface area contributed by atoms with E-state index in [9.17, 15) is 19.8 Å². The lowest BCUT2D eigenvalue weighted by molar-refractivity contribution is -0.340.